The van der Waals surface area contributed by atoms with Gasteiger partial charge in [-0.15, -0.1) is 0 Å². The Morgan fingerprint density at radius 3 is 2.39 bits per heavy atom. The van der Waals surface area contributed by atoms with Gasteiger partial charge in [-0.25, -0.2) is 0 Å². The van der Waals surface area contributed by atoms with Gasteiger partial charge in [0.05, 0.1) is 24.7 Å². The summed E-state index contributed by atoms with van der Waals surface area (Å²) in [6.07, 6.45) is 1.70. The minimum atomic E-state index is -0.170. The molecule has 0 N–H and O–H groups in total. The number of methoxy groups -OCH3 is 2. The van der Waals surface area contributed by atoms with Crippen molar-refractivity contribution in [3.8, 4) is 11.5 Å². The number of hydrogen-bond acceptors (Lipinski definition) is 6. The first-order valence-corrected chi connectivity index (χ1v) is 9.83. The molecule has 3 rings (SSSR count). The lowest BCUT2D eigenvalue weighted by Crippen LogP contribution is -2.27. The minimum absolute atomic E-state index is 0.147. The molecule has 0 saturated carbocycles. The maximum absolute atomic E-state index is 13.0. The molecular weight excluding hydrogens is 394 g/mol. The Hall–Kier alpha value is -2.64. The Labute approximate surface area is 173 Å². The molecule has 0 unspecified atom stereocenters. The van der Waals surface area contributed by atoms with Crippen LogP contribution in [0.15, 0.2) is 47.4 Å². The lowest BCUT2D eigenvalue weighted by atomic mass is 9.99. The van der Waals surface area contributed by atoms with E-state index in [1.54, 1.807) is 42.5 Å². The Morgan fingerprint density at radius 2 is 1.82 bits per heavy atom. The predicted molar refractivity (Wildman–Crippen MR) is 115 cm³/mol. The normalized spacial score (nSPS) is 15.2. The highest BCUT2D eigenvalue weighted by molar-refractivity contribution is 8.26. The molecule has 0 radical (unpaired) electrons. The van der Waals surface area contributed by atoms with Gasteiger partial charge >= 0.3 is 0 Å². The molecule has 144 valence electrons. The highest BCUT2D eigenvalue weighted by Gasteiger charge is 2.31. The van der Waals surface area contributed by atoms with Crippen molar-refractivity contribution in [2.24, 2.45) is 0 Å². The van der Waals surface area contributed by atoms with Gasteiger partial charge in [0.1, 0.15) is 15.8 Å². The van der Waals surface area contributed by atoms with E-state index in [2.05, 4.69) is 0 Å². The number of carbonyl (C=O) groups excluding carboxylic acids is 2. The second kappa shape index (κ2) is 8.58. The third kappa shape index (κ3) is 3.81. The summed E-state index contributed by atoms with van der Waals surface area (Å²) in [5.41, 5.74) is 1.56. The number of thioether (sulfide) groups is 1. The lowest BCUT2D eigenvalue weighted by molar-refractivity contribution is -0.121. The molecule has 0 aliphatic carbocycles. The molecule has 2 aromatic rings. The topological polar surface area (TPSA) is 55.8 Å². The molecule has 0 bridgehead atoms. The van der Waals surface area contributed by atoms with Crippen LogP contribution in [0.2, 0.25) is 0 Å². The molecule has 7 heteroatoms. The second-order valence-electron chi connectivity index (χ2n) is 5.92. The van der Waals surface area contributed by atoms with Gasteiger partial charge in [-0.2, -0.15) is 0 Å². The number of rotatable bonds is 6. The molecule has 0 aromatic heterocycles. The average Bonchev–Trinajstić information content (AvgIpc) is 3.00. The van der Waals surface area contributed by atoms with Crippen LogP contribution in [0.3, 0.4) is 0 Å². The fourth-order valence-electron chi connectivity index (χ4n) is 2.87. The SMILES string of the molecule is CCN1C(=O)/C(=C/c2cc(C(=O)c3ccccc3)c(OC)cc2OC)SC1=S. The summed E-state index contributed by atoms with van der Waals surface area (Å²) in [6, 6.07) is 12.3. The number of ketones is 1. The molecule has 1 aliphatic rings. The van der Waals surface area contributed by atoms with E-state index in [1.807, 2.05) is 13.0 Å². The maximum Gasteiger partial charge on any atom is 0.266 e. The van der Waals surface area contributed by atoms with Gasteiger partial charge in [0.15, 0.2) is 5.78 Å². The predicted octanol–water partition coefficient (Wildman–Crippen LogP) is 4.16. The Morgan fingerprint density at radius 1 is 1.14 bits per heavy atom. The minimum Gasteiger partial charge on any atom is -0.496 e. The van der Waals surface area contributed by atoms with Gasteiger partial charge in [-0.05, 0) is 19.1 Å². The molecule has 1 aliphatic heterocycles. The van der Waals surface area contributed by atoms with Gasteiger partial charge in [0.2, 0.25) is 0 Å². The van der Waals surface area contributed by atoms with Crippen molar-refractivity contribution in [2.45, 2.75) is 6.92 Å². The first kappa shape index (κ1) is 20.1. The monoisotopic (exact) mass is 413 g/mol. The van der Waals surface area contributed by atoms with Crippen LogP contribution in [0.5, 0.6) is 11.5 Å². The summed E-state index contributed by atoms with van der Waals surface area (Å²) < 4.78 is 11.4. The van der Waals surface area contributed by atoms with E-state index in [4.69, 9.17) is 21.7 Å². The van der Waals surface area contributed by atoms with Crippen LogP contribution in [0.25, 0.3) is 6.08 Å². The average molecular weight is 414 g/mol. The maximum atomic E-state index is 13.0. The van der Waals surface area contributed by atoms with Crippen molar-refractivity contribution in [3.05, 3.63) is 64.1 Å². The first-order chi connectivity index (χ1) is 13.5. The molecule has 2 aromatic carbocycles. The van der Waals surface area contributed by atoms with Crippen LogP contribution >= 0.6 is 24.0 Å². The zero-order chi connectivity index (χ0) is 20.3. The van der Waals surface area contributed by atoms with E-state index in [0.717, 1.165) is 0 Å². The lowest BCUT2D eigenvalue weighted by Gasteiger charge is -2.13. The number of nitrogens with zero attached hydrogens (tertiary/aromatic N) is 1. The van der Waals surface area contributed by atoms with Crippen LogP contribution in [-0.2, 0) is 4.79 Å². The molecule has 0 atom stereocenters. The number of likely N-dealkylation sites (N-methyl/N-ethyl adjacent to an activating group) is 1. The Bertz CT molecular complexity index is 970. The summed E-state index contributed by atoms with van der Waals surface area (Å²) in [6.45, 7) is 2.39. The van der Waals surface area contributed by atoms with E-state index < -0.39 is 0 Å². The Balaban J connectivity index is 2.09. The third-order valence-corrected chi connectivity index (χ3v) is 5.69. The smallest absolute Gasteiger partial charge is 0.266 e. The van der Waals surface area contributed by atoms with Crippen molar-refractivity contribution < 1.29 is 19.1 Å². The van der Waals surface area contributed by atoms with Crippen molar-refractivity contribution in [2.75, 3.05) is 20.8 Å². The summed E-state index contributed by atoms with van der Waals surface area (Å²) >= 11 is 6.50. The van der Waals surface area contributed by atoms with Gasteiger partial charge in [0.25, 0.3) is 5.91 Å². The summed E-state index contributed by atoms with van der Waals surface area (Å²) in [4.78, 5) is 27.6. The summed E-state index contributed by atoms with van der Waals surface area (Å²) in [5.74, 6) is 0.592. The van der Waals surface area contributed by atoms with Gasteiger partial charge < -0.3 is 9.47 Å². The molecule has 0 spiro atoms. The van der Waals surface area contributed by atoms with Crippen LogP contribution in [0.4, 0.5) is 0 Å². The summed E-state index contributed by atoms with van der Waals surface area (Å²) in [7, 11) is 3.03. The van der Waals surface area contributed by atoms with Crippen LogP contribution in [-0.4, -0.2) is 41.7 Å². The molecular formula is C21H19NO4S2. The van der Waals surface area contributed by atoms with Crippen LogP contribution in [0.1, 0.15) is 28.4 Å². The largest absolute Gasteiger partial charge is 0.496 e. The Kier molecular flexibility index (Phi) is 6.16. The fourth-order valence-corrected chi connectivity index (χ4v) is 4.25. The number of carbonyl (C=O) groups is 2. The summed E-state index contributed by atoms with van der Waals surface area (Å²) in [5, 5.41) is 0. The second-order valence-corrected chi connectivity index (χ2v) is 7.59. The standard InChI is InChI=1S/C21H19NO4S2/c1-4-22-20(24)18(28-21(22)27)11-14-10-15(17(26-3)12-16(14)25-2)19(23)13-8-6-5-7-9-13/h5-12H,4H2,1-3H3/b18-11-. The molecule has 1 fully saturated rings. The number of amides is 1. The molecule has 1 amide bonds. The first-order valence-electron chi connectivity index (χ1n) is 8.61. The number of thiocarbonyl (C=S) groups is 1. The van der Waals surface area contributed by atoms with Crippen molar-refractivity contribution >= 4 is 46.1 Å². The van der Waals surface area contributed by atoms with Crippen LogP contribution < -0.4 is 9.47 Å². The third-order valence-electron chi connectivity index (χ3n) is 4.31. The highest BCUT2D eigenvalue weighted by Crippen LogP contribution is 2.37. The number of ether oxygens (including phenoxy) is 2. The van der Waals surface area contributed by atoms with Gasteiger partial charge in [-0.1, -0.05) is 54.3 Å². The highest BCUT2D eigenvalue weighted by atomic mass is 32.2. The molecule has 5 nitrogen and oxygen atoms in total. The van der Waals surface area contributed by atoms with Gasteiger partial charge in [0, 0.05) is 23.7 Å². The van der Waals surface area contributed by atoms with Crippen LogP contribution in [0, 0.1) is 0 Å². The molecule has 1 heterocycles. The zero-order valence-corrected chi connectivity index (χ0v) is 17.4. The number of benzene rings is 2. The molecule has 1 saturated heterocycles. The quantitative estimate of drug-likeness (QED) is 0.403. The molecule has 28 heavy (non-hydrogen) atoms. The van der Waals surface area contributed by atoms with E-state index in [1.165, 1.54) is 30.9 Å². The van der Waals surface area contributed by atoms with E-state index in [9.17, 15) is 9.59 Å². The van der Waals surface area contributed by atoms with Crippen molar-refractivity contribution in [1.82, 2.24) is 4.90 Å². The van der Waals surface area contributed by atoms with Gasteiger partial charge in [-0.3, -0.25) is 14.5 Å². The van der Waals surface area contributed by atoms with E-state index >= 15 is 0 Å². The fraction of sp³-hybridized carbons (Fsp3) is 0.190. The zero-order valence-electron chi connectivity index (χ0n) is 15.7. The number of hydrogen-bond donors (Lipinski definition) is 0. The van der Waals surface area contributed by atoms with Crippen molar-refractivity contribution in [3.63, 3.8) is 0 Å². The van der Waals surface area contributed by atoms with E-state index in [0.29, 0.717) is 44.0 Å². The van der Waals surface area contributed by atoms with Crippen molar-refractivity contribution in [1.29, 1.82) is 0 Å². The van der Waals surface area contributed by atoms with E-state index in [-0.39, 0.29) is 11.7 Å².